The molecule has 3 N–H and O–H groups in total. The highest BCUT2D eigenvalue weighted by molar-refractivity contribution is 5.85. The number of benzene rings is 1. The van der Waals surface area contributed by atoms with E-state index in [1.165, 1.54) is 32.2 Å². The lowest BCUT2D eigenvalue weighted by atomic mass is 10.0. The number of aliphatic hydroxyl groups is 1. The van der Waals surface area contributed by atoms with Crippen molar-refractivity contribution in [3.8, 4) is 11.5 Å². The van der Waals surface area contributed by atoms with Crippen LogP contribution in [0, 0.1) is 0 Å². The summed E-state index contributed by atoms with van der Waals surface area (Å²) >= 11 is 0. The molecule has 0 radical (unpaired) electrons. The van der Waals surface area contributed by atoms with Crippen LogP contribution in [-0.2, 0) is 4.79 Å². The molecule has 0 aromatic heterocycles. The molecule has 0 bridgehead atoms. The summed E-state index contributed by atoms with van der Waals surface area (Å²) in [4.78, 5) is 10.9. The third-order valence-corrected chi connectivity index (χ3v) is 2.47. The summed E-state index contributed by atoms with van der Waals surface area (Å²) < 4.78 is 36.3. The van der Waals surface area contributed by atoms with Gasteiger partial charge in [-0.15, -0.1) is 12.4 Å². The van der Waals surface area contributed by atoms with Gasteiger partial charge < -0.3 is 20.3 Å². The summed E-state index contributed by atoms with van der Waals surface area (Å²) in [6.45, 7) is -0.152. The summed E-state index contributed by atoms with van der Waals surface area (Å²) in [5, 5.41) is 8.60. The topological polar surface area (TPSA) is 81.8 Å². The van der Waals surface area contributed by atoms with Gasteiger partial charge in [0.15, 0.2) is 11.5 Å². The van der Waals surface area contributed by atoms with Crippen molar-refractivity contribution in [2.45, 2.75) is 18.9 Å². The smallest absolute Gasteiger partial charge is 0.308 e. The van der Waals surface area contributed by atoms with E-state index in [2.05, 4.69) is 0 Å². The third kappa shape index (κ3) is 4.29. The van der Waals surface area contributed by atoms with E-state index in [9.17, 15) is 13.6 Å². The molecule has 0 spiro atoms. The molecule has 0 amide bonds. The van der Waals surface area contributed by atoms with Crippen molar-refractivity contribution in [3.05, 3.63) is 23.8 Å². The Morgan fingerprint density at radius 3 is 2.50 bits per heavy atom. The minimum absolute atomic E-state index is 0. The second kappa shape index (κ2) is 7.37. The summed E-state index contributed by atoms with van der Waals surface area (Å²) in [5.41, 5.74) is 5.45. The van der Waals surface area contributed by atoms with E-state index in [-0.39, 0.29) is 29.5 Å². The van der Waals surface area contributed by atoms with Gasteiger partial charge in [-0.2, -0.15) is 0 Å². The molecule has 0 aliphatic heterocycles. The summed E-state index contributed by atoms with van der Waals surface area (Å²) in [5.74, 6) is -3.79. The maximum Gasteiger partial charge on any atom is 0.308 e. The van der Waals surface area contributed by atoms with Crippen LogP contribution in [0.2, 0.25) is 0 Å². The zero-order valence-corrected chi connectivity index (χ0v) is 11.7. The molecule has 0 heterocycles. The van der Waals surface area contributed by atoms with Gasteiger partial charge >= 0.3 is 5.97 Å². The molecular formula is C12H16ClF2NO4. The van der Waals surface area contributed by atoms with Crippen LogP contribution in [0.4, 0.5) is 8.78 Å². The Balaban J connectivity index is 0.00000361. The van der Waals surface area contributed by atoms with Crippen LogP contribution < -0.4 is 15.2 Å². The first-order chi connectivity index (χ1) is 8.81. The Morgan fingerprint density at radius 2 is 2.05 bits per heavy atom. The normalized spacial score (nSPS) is 12.3. The molecule has 0 saturated carbocycles. The fourth-order valence-electron chi connectivity index (χ4n) is 1.46. The van der Waals surface area contributed by atoms with Crippen molar-refractivity contribution in [3.63, 3.8) is 0 Å². The minimum Gasteiger partial charge on any atom is -0.493 e. The Labute approximate surface area is 121 Å². The fraction of sp³-hybridized carbons (Fsp3) is 0.417. The molecule has 114 valence electrons. The van der Waals surface area contributed by atoms with Gasteiger partial charge in [-0.1, -0.05) is 6.07 Å². The molecule has 1 atom stereocenters. The van der Waals surface area contributed by atoms with Crippen molar-refractivity contribution >= 4 is 18.4 Å². The van der Waals surface area contributed by atoms with Gasteiger partial charge in [0.2, 0.25) is 0 Å². The lowest BCUT2D eigenvalue weighted by molar-refractivity contribution is -0.132. The van der Waals surface area contributed by atoms with E-state index in [4.69, 9.17) is 20.3 Å². The van der Waals surface area contributed by atoms with Crippen molar-refractivity contribution in [2.75, 3.05) is 13.7 Å². The number of aliphatic hydroxyl groups excluding tert-OH is 1. The monoisotopic (exact) mass is 311 g/mol. The van der Waals surface area contributed by atoms with Gasteiger partial charge in [0.05, 0.1) is 13.2 Å². The zero-order chi connectivity index (χ0) is 14.6. The van der Waals surface area contributed by atoms with Gasteiger partial charge in [-0.25, -0.2) is 8.78 Å². The van der Waals surface area contributed by atoms with E-state index in [0.717, 1.165) is 0 Å². The van der Waals surface area contributed by atoms with Crippen LogP contribution in [0.25, 0.3) is 0 Å². The maximum atomic E-state index is 13.3. The SMILES string of the molecule is COc1cc([C@@H](N)C(F)(F)CO)ccc1OC(C)=O.Cl. The number of hydrogen-bond donors (Lipinski definition) is 2. The van der Waals surface area contributed by atoms with Gasteiger partial charge in [0, 0.05) is 6.92 Å². The lowest BCUT2D eigenvalue weighted by Crippen LogP contribution is -2.36. The molecule has 0 saturated heterocycles. The molecule has 1 aromatic rings. The van der Waals surface area contributed by atoms with Gasteiger partial charge in [-0.05, 0) is 17.7 Å². The van der Waals surface area contributed by atoms with Crippen molar-refractivity contribution < 1.29 is 28.2 Å². The quantitative estimate of drug-likeness (QED) is 0.638. The Bertz CT molecular complexity index is 471. The zero-order valence-electron chi connectivity index (χ0n) is 10.9. The number of rotatable bonds is 5. The Kier molecular flexibility index (Phi) is 6.84. The second-order valence-electron chi connectivity index (χ2n) is 3.90. The predicted molar refractivity (Wildman–Crippen MR) is 70.5 cm³/mol. The lowest BCUT2D eigenvalue weighted by Gasteiger charge is -2.22. The fourth-order valence-corrected chi connectivity index (χ4v) is 1.46. The van der Waals surface area contributed by atoms with E-state index in [1.807, 2.05) is 0 Å². The first-order valence-electron chi connectivity index (χ1n) is 5.42. The van der Waals surface area contributed by atoms with Crippen molar-refractivity contribution in [1.82, 2.24) is 0 Å². The van der Waals surface area contributed by atoms with E-state index in [1.54, 1.807) is 0 Å². The molecule has 0 unspecified atom stereocenters. The molecule has 0 fully saturated rings. The number of carbonyl (C=O) groups excluding carboxylic acids is 1. The molecule has 20 heavy (non-hydrogen) atoms. The number of alkyl halides is 2. The van der Waals surface area contributed by atoms with Gasteiger partial charge in [0.25, 0.3) is 5.92 Å². The summed E-state index contributed by atoms with van der Waals surface area (Å²) in [7, 11) is 1.31. The van der Waals surface area contributed by atoms with Crippen LogP contribution in [0.15, 0.2) is 18.2 Å². The van der Waals surface area contributed by atoms with Crippen LogP contribution in [0.5, 0.6) is 11.5 Å². The van der Waals surface area contributed by atoms with E-state index < -0.39 is 24.5 Å². The molecule has 5 nitrogen and oxygen atoms in total. The molecular weight excluding hydrogens is 296 g/mol. The number of hydrogen-bond acceptors (Lipinski definition) is 5. The number of methoxy groups -OCH3 is 1. The number of halogens is 3. The van der Waals surface area contributed by atoms with Crippen molar-refractivity contribution in [2.24, 2.45) is 5.73 Å². The second-order valence-corrected chi connectivity index (χ2v) is 3.90. The number of carbonyl (C=O) groups is 1. The third-order valence-electron chi connectivity index (χ3n) is 2.47. The summed E-state index contributed by atoms with van der Waals surface area (Å²) in [6, 6.07) is 2.16. The van der Waals surface area contributed by atoms with Crippen LogP contribution >= 0.6 is 12.4 Å². The molecule has 0 aliphatic rings. The van der Waals surface area contributed by atoms with Crippen molar-refractivity contribution in [1.29, 1.82) is 0 Å². The largest absolute Gasteiger partial charge is 0.493 e. The van der Waals surface area contributed by atoms with Crippen LogP contribution in [0.1, 0.15) is 18.5 Å². The minimum atomic E-state index is -3.45. The summed E-state index contributed by atoms with van der Waals surface area (Å²) in [6.07, 6.45) is 0. The first-order valence-corrected chi connectivity index (χ1v) is 5.42. The number of nitrogens with two attached hydrogens (primary N) is 1. The highest BCUT2D eigenvalue weighted by atomic mass is 35.5. The van der Waals surface area contributed by atoms with Crippen LogP contribution in [-0.4, -0.2) is 30.7 Å². The number of esters is 1. The standard InChI is InChI=1S/C12H15F2NO4.ClH/c1-7(17)19-9-4-3-8(5-10(9)18-2)11(15)12(13,14)6-16;/h3-5,11,16H,6,15H2,1-2H3;1H/t11-;/m1./s1. The molecule has 8 heteroatoms. The van der Waals surface area contributed by atoms with E-state index >= 15 is 0 Å². The average molecular weight is 312 g/mol. The van der Waals surface area contributed by atoms with E-state index in [0.29, 0.717) is 0 Å². The van der Waals surface area contributed by atoms with Crippen LogP contribution in [0.3, 0.4) is 0 Å². The Hall–Kier alpha value is -1.44. The molecule has 0 aliphatic carbocycles. The molecule has 1 aromatic carbocycles. The predicted octanol–water partition coefficient (Wildman–Crippen LogP) is 1.67. The maximum absolute atomic E-state index is 13.3. The number of ether oxygens (including phenoxy) is 2. The highest BCUT2D eigenvalue weighted by Gasteiger charge is 2.37. The van der Waals surface area contributed by atoms with Gasteiger partial charge in [0.1, 0.15) is 6.61 Å². The average Bonchev–Trinajstić information content (AvgIpc) is 2.37. The molecule has 1 rings (SSSR count). The highest BCUT2D eigenvalue weighted by Crippen LogP contribution is 2.34. The first kappa shape index (κ1) is 18.6. The van der Waals surface area contributed by atoms with Gasteiger partial charge in [-0.3, -0.25) is 4.79 Å². The Morgan fingerprint density at radius 1 is 1.45 bits per heavy atom.